The fourth-order valence-corrected chi connectivity index (χ4v) is 7.35. The third-order valence-corrected chi connectivity index (χ3v) is 9.70. The van der Waals surface area contributed by atoms with Gasteiger partial charge < -0.3 is 18.8 Å². The second-order valence-corrected chi connectivity index (χ2v) is 13.5. The van der Waals surface area contributed by atoms with Crippen molar-refractivity contribution in [3.8, 4) is 11.5 Å². The molecule has 0 aliphatic carbocycles. The highest BCUT2D eigenvalue weighted by atomic mass is 79.9. The number of fused-ring (bicyclic) bond motifs is 2. The van der Waals surface area contributed by atoms with Gasteiger partial charge in [-0.2, -0.15) is 0 Å². The van der Waals surface area contributed by atoms with Crippen molar-refractivity contribution in [3.05, 3.63) is 125 Å². The van der Waals surface area contributed by atoms with Crippen molar-refractivity contribution in [2.24, 2.45) is 4.99 Å². The van der Waals surface area contributed by atoms with Gasteiger partial charge in [0.15, 0.2) is 16.3 Å². The highest BCUT2D eigenvalue weighted by Crippen LogP contribution is 2.37. The topological polar surface area (TPSA) is 84.1 Å². The quantitative estimate of drug-likeness (QED) is 0.160. The Hall–Kier alpha value is -4.41. The molecule has 1 atom stereocenters. The second kappa shape index (κ2) is 13.4. The van der Waals surface area contributed by atoms with Crippen molar-refractivity contribution in [2.45, 2.75) is 53.3 Å². The van der Waals surface area contributed by atoms with E-state index in [2.05, 4.69) is 51.7 Å². The van der Waals surface area contributed by atoms with Crippen LogP contribution in [0, 0.1) is 6.92 Å². The summed E-state index contributed by atoms with van der Waals surface area (Å²) in [4.78, 5) is 33.1. The van der Waals surface area contributed by atoms with Crippen molar-refractivity contribution in [1.29, 1.82) is 0 Å². The number of carbonyl (C=O) groups is 1. The Kier molecular flexibility index (Phi) is 9.25. The zero-order valence-corrected chi connectivity index (χ0v) is 29.6. The van der Waals surface area contributed by atoms with Gasteiger partial charge in [-0.05, 0) is 82.2 Å². The summed E-state index contributed by atoms with van der Waals surface area (Å²) in [7, 11) is 1.57. The number of para-hydroxylation sites is 1. The standard InChI is InChI=1S/C37H36BrN3O5S/c1-7-45-36(43)33-22(4)39-37-41(34(33)25-14-17-30(46-21(2)3)31(18-25)44-6)35(42)32(47-37)19-28-23(5)40(29-11-9-8-10-27(28)29)20-24-12-15-26(38)16-13-24/h8-19,21,34H,7,20H2,1-6H3/b32-19-/t34-/m0/s1. The van der Waals surface area contributed by atoms with Gasteiger partial charge in [0, 0.05) is 33.2 Å². The number of methoxy groups -OCH3 is 1. The number of carbonyl (C=O) groups excluding carboxylic acids is 1. The molecule has 0 unspecified atom stereocenters. The first-order valence-electron chi connectivity index (χ1n) is 15.5. The predicted octanol–water partition coefficient (Wildman–Crippen LogP) is 6.67. The minimum Gasteiger partial charge on any atom is -0.493 e. The number of hydrogen-bond donors (Lipinski definition) is 0. The number of hydrogen-bond acceptors (Lipinski definition) is 7. The molecule has 8 nitrogen and oxygen atoms in total. The largest absolute Gasteiger partial charge is 0.493 e. The fourth-order valence-electron chi connectivity index (χ4n) is 6.06. The van der Waals surface area contributed by atoms with Gasteiger partial charge in [0.25, 0.3) is 5.56 Å². The van der Waals surface area contributed by atoms with E-state index in [4.69, 9.17) is 19.2 Å². The molecule has 2 aromatic heterocycles. The fraction of sp³-hybridized carbons (Fsp3) is 0.270. The Morgan fingerprint density at radius 3 is 2.51 bits per heavy atom. The number of rotatable bonds is 9. The summed E-state index contributed by atoms with van der Waals surface area (Å²) in [5.41, 5.74) is 5.54. The molecule has 0 radical (unpaired) electrons. The summed E-state index contributed by atoms with van der Waals surface area (Å²) in [6.45, 7) is 10.4. The van der Waals surface area contributed by atoms with E-state index in [1.54, 1.807) is 25.5 Å². The molecule has 5 aromatic rings. The maximum Gasteiger partial charge on any atom is 0.338 e. The van der Waals surface area contributed by atoms with Gasteiger partial charge in [0.05, 0.1) is 41.7 Å². The molecule has 47 heavy (non-hydrogen) atoms. The Balaban J connectivity index is 1.53. The van der Waals surface area contributed by atoms with E-state index in [9.17, 15) is 9.59 Å². The summed E-state index contributed by atoms with van der Waals surface area (Å²) in [5.74, 6) is 0.568. The van der Waals surface area contributed by atoms with Crippen LogP contribution in [0.15, 0.2) is 92.3 Å². The van der Waals surface area contributed by atoms with Crippen LogP contribution in [-0.4, -0.2) is 34.9 Å². The zero-order chi connectivity index (χ0) is 33.4. The van der Waals surface area contributed by atoms with Crippen LogP contribution >= 0.6 is 27.3 Å². The van der Waals surface area contributed by atoms with E-state index in [-0.39, 0.29) is 18.3 Å². The summed E-state index contributed by atoms with van der Waals surface area (Å²) in [6.07, 6.45) is 1.90. The first kappa shape index (κ1) is 32.5. The van der Waals surface area contributed by atoms with Gasteiger partial charge in [-0.3, -0.25) is 9.36 Å². The second-order valence-electron chi connectivity index (χ2n) is 11.6. The van der Waals surface area contributed by atoms with Crippen LogP contribution in [0.5, 0.6) is 11.5 Å². The van der Waals surface area contributed by atoms with E-state index in [0.29, 0.717) is 44.2 Å². The zero-order valence-electron chi connectivity index (χ0n) is 27.2. The highest BCUT2D eigenvalue weighted by molar-refractivity contribution is 9.10. The molecule has 242 valence electrons. The number of nitrogens with zero attached hydrogens (tertiary/aromatic N) is 3. The SMILES string of the molecule is CCOC(=O)C1=C(C)N=c2s/c(=C\c3c(C)n(Cc4ccc(Br)cc4)c4ccccc34)c(=O)n2[C@H]1c1ccc(OC(C)C)c(OC)c1. The molecule has 0 saturated heterocycles. The van der Waals surface area contributed by atoms with Crippen LogP contribution in [0.25, 0.3) is 17.0 Å². The number of ether oxygens (including phenoxy) is 3. The van der Waals surface area contributed by atoms with Crippen LogP contribution in [0.4, 0.5) is 0 Å². The third-order valence-electron chi connectivity index (χ3n) is 8.19. The molecular weight excluding hydrogens is 678 g/mol. The van der Waals surface area contributed by atoms with Crippen LogP contribution < -0.4 is 24.4 Å². The van der Waals surface area contributed by atoms with Crippen molar-refractivity contribution < 1.29 is 19.0 Å². The Labute approximate surface area is 285 Å². The van der Waals surface area contributed by atoms with Crippen molar-refractivity contribution >= 4 is 50.2 Å². The molecule has 6 rings (SSSR count). The lowest BCUT2D eigenvalue weighted by atomic mass is 9.95. The molecule has 0 N–H and O–H groups in total. The molecule has 0 bridgehead atoms. The Bertz CT molecular complexity index is 2210. The molecule has 0 amide bonds. The average Bonchev–Trinajstić information content (AvgIpc) is 3.49. The first-order valence-corrected chi connectivity index (χ1v) is 17.1. The van der Waals surface area contributed by atoms with Crippen LogP contribution in [0.2, 0.25) is 0 Å². The third kappa shape index (κ3) is 6.19. The van der Waals surface area contributed by atoms with Gasteiger partial charge >= 0.3 is 5.97 Å². The van der Waals surface area contributed by atoms with Gasteiger partial charge in [-0.1, -0.05) is 63.7 Å². The van der Waals surface area contributed by atoms with Gasteiger partial charge in [-0.15, -0.1) is 0 Å². The molecule has 0 spiro atoms. The maximum absolute atomic E-state index is 14.4. The van der Waals surface area contributed by atoms with Crippen LogP contribution in [-0.2, 0) is 16.1 Å². The molecular formula is C37H36BrN3O5S. The maximum atomic E-state index is 14.4. The lowest BCUT2D eigenvalue weighted by Gasteiger charge is -2.25. The average molecular weight is 715 g/mol. The monoisotopic (exact) mass is 713 g/mol. The Morgan fingerprint density at radius 2 is 1.81 bits per heavy atom. The lowest BCUT2D eigenvalue weighted by Crippen LogP contribution is -2.40. The van der Waals surface area contributed by atoms with Gasteiger partial charge in [-0.25, -0.2) is 9.79 Å². The number of allylic oxidation sites excluding steroid dienone is 1. The predicted molar refractivity (Wildman–Crippen MR) is 189 cm³/mol. The van der Waals surface area contributed by atoms with E-state index in [1.807, 2.05) is 62.4 Å². The van der Waals surface area contributed by atoms with Crippen LogP contribution in [0.1, 0.15) is 56.1 Å². The van der Waals surface area contributed by atoms with E-state index < -0.39 is 12.0 Å². The molecule has 0 fully saturated rings. The number of benzene rings is 3. The number of thiazole rings is 1. The summed E-state index contributed by atoms with van der Waals surface area (Å²) in [5, 5.41) is 1.05. The number of halogens is 1. The summed E-state index contributed by atoms with van der Waals surface area (Å²) < 4.78 is 22.5. The highest BCUT2D eigenvalue weighted by Gasteiger charge is 2.34. The minimum atomic E-state index is -0.769. The first-order chi connectivity index (χ1) is 22.6. The van der Waals surface area contributed by atoms with Crippen molar-refractivity contribution in [3.63, 3.8) is 0 Å². The number of aromatic nitrogens is 2. The summed E-state index contributed by atoms with van der Waals surface area (Å²) >= 11 is 4.84. The smallest absolute Gasteiger partial charge is 0.338 e. The molecule has 1 aliphatic rings. The van der Waals surface area contributed by atoms with E-state index in [1.165, 1.54) is 16.9 Å². The molecule has 0 saturated carbocycles. The van der Waals surface area contributed by atoms with Gasteiger partial charge in [0.2, 0.25) is 0 Å². The van der Waals surface area contributed by atoms with E-state index >= 15 is 0 Å². The van der Waals surface area contributed by atoms with Gasteiger partial charge in [0.1, 0.15) is 0 Å². The molecule has 3 aromatic carbocycles. The normalized spacial score (nSPS) is 14.8. The minimum absolute atomic E-state index is 0.0612. The van der Waals surface area contributed by atoms with Crippen molar-refractivity contribution in [1.82, 2.24) is 9.13 Å². The number of esters is 1. The molecule has 10 heteroatoms. The molecule has 3 heterocycles. The van der Waals surface area contributed by atoms with Crippen LogP contribution in [0.3, 0.4) is 0 Å². The molecule has 1 aliphatic heterocycles. The van der Waals surface area contributed by atoms with E-state index in [0.717, 1.165) is 26.6 Å². The van der Waals surface area contributed by atoms with Crippen molar-refractivity contribution in [2.75, 3.05) is 13.7 Å². The lowest BCUT2D eigenvalue weighted by molar-refractivity contribution is -0.139. The Morgan fingerprint density at radius 1 is 1.06 bits per heavy atom. The summed E-state index contributed by atoms with van der Waals surface area (Å²) in [6, 6.07) is 21.3.